The molecular weight excluding hydrogens is 342 g/mol. The third-order valence-electron chi connectivity index (χ3n) is 2.04. The number of halogens is 2. The summed E-state index contributed by atoms with van der Waals surface area (Å²) in [7, 11) is 3.28. The van der Waals surface area contributed by atoms with Crippen molar-refractivity contribution < 1.29 is 9.47 Å². The first-order chi connectivity index (χ1) is 7.60. The molecule has 1 aromatic rings. The van der Waals surface area contributed by atoms with Crippen molar-refractivity contribution >= 4 is 34.2 Å². The quantitative estimate of drug-likeness (QED) is 0.601. The number of hydrogen-bond donors (Lipinski definition) is 0. The maximum atomic E-state index is 6.04. The molecule has 90 valence electrons. The summed E-state index contributed by atoms with van der Waals surface area (Å²) in [4.78, 5) is 8.68. The predicted octanol–water partition coefficient (Wildman–Crippen LogP) is 2.63. The van der Waals surface area contributed by atoms with Crippen molar-refractivity contribution in [3.8, 4) is 0 Å². The van der Waals surface area contributed by atoms with Gasteiger partial charge in [0, 0.05) is 20.1 Å². The van der Waals surface area contributed by atoms with Gasteiger partial charge in [-0.25, -0.2) is 9.97 Å². The molecule has 1 unspecified atom stereocenters. The van der Waals surface area contributed by atoms with Gasteiger partial charge < -0.3 is 9.47 Å². The van der Waals surface area contributed by atoms with E-state index < -0.39 is 0 Å². The third-order valence-corrected chi connectivity index (χ3v) is 3.76. The lowest BCUT2D eigenvalue weighted by Crippen LogP contribution is -2.11. The van der Waals surface area contributed by atoms with Crippen LogP contribution < -0.4 is 0 Å². The maximum absolute atomic E-state index is 6.04. The van der Waals surface area contributed by atoms with Crippen LogP contribution in [0.5, 0.6) is 0 Å². The molecule has 0 aliphatic carbocycles. The lowest BCUT2D eigenvalue weighted by molar-refractivity contribution is 0.175. The fourth-order valence-corrected chi connectivity index (χ4v) is 1.85. The van der Waals surface area contributed by atoms with Crippen molar-refractivity contribution in [2.45, 2.75) is 19.4 Å². The van der Waals surface area contributed by atoms with Gasteiger partial charge in [0.2, 0.25) is 0 Å². The first-order valence-electron chi connectivity index (χ1n) is 4.79. The molecule has 0 aliphatic heterocycles. The van der Waals surface area contributed by atoms with E-state index in [-0.39, 0.29) is 5.92 Å². The molecule has 0 saturated heterocycles. The number of methoxy groups -OCH3 is 2. The molecule has 0 aliphatic rings. The fraction of sp³-hybridized carbons (Fsp3) is 0.600. The molecule has 16 heavy (non-hydrogen) atoms. The highest BCUT2D eigenvalue weighted by Crippen LogP contribution is 2.22. The summed E-state index contributed by atoms with van der Waals surface area (Å²) < 4.78 is 11.0. The highest BCUT2D eigenvalue weighted by molar-refractivity contribution is 14.1. The van der Waals surface area contributed by atoms with Crippen molar-refractivity contribution in [2.75, 3.05) is 20.8 Å². The molecule has 0 spiro atoms. The monoisotopic (exact) mass is 356 g/mol. The number of ether oxygens (including phenoxy) is 2. The fourth-order valence-electron chi connectivity index (χ4n) is 1.26. The zero-order chi connectivity index (χ0) is 12.1. The second kappa shape index (κ2) is 6.68. The van der Waals surface area contributed by atoms with E-state index in [1.54, 1.807) is 14.2 Å². The Bertz CT molecular complexity index is 363. The van der Waals surface area contributed by atoms with Crippen LogP contribution in [-0.4, -0.2) is 30.8 Å². The van der Waals surface area contributed by atoms with Crippen molar-refractivity contribution in [3.63, 3.8) is 0 Å². The van der Waals surface area contributed by atoms with Crippen LogP contribution in [0.3, 0.4) is 0 Å². The molecule has 1 aromatic heterocycles. The van der Waals surface area contributed by atoms with Gasteiger partial charge in [-0.3, -0.25) is 0 Å². The minimum absolute atomic E-state index is 0.120. The molecular formula is C10H14ClIN2O2. The molecule has 0 saturated carbocycles. The lowest BCUT2D eigenvalue weighted by Gasteiger charge is -2.12. The molecule has 0 amide bonds. The van der Waals surface area contributed by atoms with Crippen molar-refractivity contribution in [1.29, 1.82) is 0 Å². The van der Waals surface area contributed by atoms with Crippen molar-refractivity contribution in [2.24, 2.45) is 0 Å². The Labute approximate surface area is 114 Å². The summed E-state index contributed by atoms with van der Waals surface area (Å²) >= 11 is 8.17. The summed E-state index contributed by atoms with van der Waals surface area (Å²) in [6.07, 6.45) is 0. The van der Waals surface area contributed by atoms with Gasteiger partial charge in [-0.05, 0) is 22.6 Å². The van der Waals surface area contributed by atoms with E-state index in [4.69, 9.17) is 21.1 Å². The largest absolute Gasteiger partial charge is 0.384 e. The minimum Gasteiger partial charge on any atom is -0.384 e. The van der Waals surface area contributed by atoms with Gasteiger partial charge >= 0.3 is 0 Å². The molecule has 0 N–H and O–H groups in total. The summed E-state index contributed by atoms with van der Waals surface area (Å²) in [5, 5.41) is 0.473. The van der Waals surface area contributed by atoms with Crippen molar-refractivity contribution in [1.82, 2.24) is 9.97 Å². The van der Waals surface area contributed by atoms with Gasteiger partial charge in [0.15, 0.2) is 0 Å². The van der Waals surface area contributed by atoms with Gasteiger partial charge in [-0.1, -0.05) is 18.5 Å². The minimum atomic E-state index is 0.120. The van der Waals surface area contributed by atoms with Crippen LogP contribution in [0.4, 0.5) is 0 Å². The Kier molecular flexibility index (Phi) is 5.88. The number of rotatable bonds is 5. The summed E-state index contributed by atoms with van der Waals surface area (Å²) in [6, 6.07) is 0. The summed E-state index contributed by atoms with van der Waals surface area (Å²) in [5.41, 5.74) is 0.820. The Balaban J connectivity index is 3.03. The molecule has 0 bridgehead atoms. The number of nitrogens with zero attached hydrogens (tertiary/aromatic N) is 2. The summed E-state index contributed by atoms with van der Waals surface area (Å²) in [5.74, 6) is 0.814. The average molecular weight is 357 g/mol. The highest BCUT2D eigenvalue weighted by atomic mass is 127. The molecule has 1 rings (SSSR count). The standard InChI is InChI=1S/C10H14ClIN2O2/c1-6(4-15-2)10-13-7(5-16-3)8(12)9(11)14-10/h6H,4-5H2,1-3H3. The van der Waals surface area contributed by atoms with E-state index in [1.165, 1.54) is 0 Å². The Hall–Kier alpha value is 0.0200. The molecule has 0 radical (unpaired) electrons. The van der Waals surface area contributed by atoms with Crippen LogP contribution >= 0.6 is 34.2 Å². The molecule has 1 atom stereocenters. The van der Waals surface area contributed by atoms with Crippen LogP contribution in [0, 0.1) is 3.57 Å². The molecule has 0 aromatic carbocycles. The zero-order valence-electron chi connectivity index (χ0n) is 9.46. The molecule has 1 heterocycles. The van der Waals surface area contributed by atoms with Gasteiger partial charge in [-0.2, -0.15) is 0 Å². The third kappa shape index (κ3) is 3.51. The second-order valence-corrected chi connectivity index (χ2v) is 4.86. The summed E-state index contributed by atoms with van der Waals surface area (Å²) in [6.45, 7) is 3.01. The van der Waals surface area contributed by atoms with Crippen LogP contribution in [0.15, 0.2) is 0 Å². The van der Waals surface area contributed by atoms with Gasteiger partial charge in [0.1, 0.15) is 11.0 Å². The predicted molar refractivity (Wildman–Crippen MR) is 70.8 cm³/mol. The van der Waals surface area contributed by atoms with E-state index >= 15 is 0 Å². The SMILES string of the molecule is COCc1nc(C(C)COC)nc(Cl)c1I. The van der Waals surface area contributed by atoms with Crippen LogP contribution in [0.25, 0.3) is 0 Å². The molecule has 0 fully saturated rings. The molecule has 4 nitrogen and oxygen atoms in total. The first kappa shape index (κ1) is 14.1. The van der Waals surface area contributed by atoms with E-state index in [1.807, 2.05) is 6.92 Å². The van der Waals surface area contributed by atoms with E-state index in [0.29, 0.717) is 24.2 Å². The lowest BCUT2D eigenvalue weighted by atomic mass is 10.2. The average Bonchev–Trinajstić information content (AvgIpc) is 2.25. The topological polar surface area (TPSA) is 44.2 Å². The van der Waals surface area contributed by atoms with Gasteiger partial charge in [0.25, 0.3) is 0 Å². The maximum Gasteiger partial charge on any atom is 0.146 e. The van der Waals surface area contributed by atoms with Crippen LogP contribution in [0.1, 0.15) is 24.4 Å². The zero-order valence-corrected chi connectivity index (χ0v) is 12.4. The Morgan fingerprint density at radius 2 is 2.00 bits per heavy atom. The second-order valence-electron chi connectivity index (χ2n) is 3.42. The Morgan fingerprint density at radius 1 is 1.31 bits per heavy atom. The van der Waals surface area contributed by atoms with Crippen LogP contribution in [0.2, 0.25) is 5.15 Å². The Morgan fingerprint density at radius 3 is 2.56 bits per heavy atom. The number of aromatic nitrogens is 2. The normalized spacial score (nSPS) is 12.8. The molecule has 6 heteroatoms. The highest BCUT2D eigenvalue weighted by Gasteiger charge is 2.15. The van der Waals surface area contributed by atoms with Gasteiger partial charge in [0.05, 0.1) is 22.5 Å². The van der Waals surface area contributed by atoms with Crippen LogP contribution in [-0.2, 0) is 16.1 Å². The van der Waals surface area contributed by atoms with Gasteiger partial charge in [-0.15, -0.1) is 0 Å². The van der Waals surface area contributed by atoms with Crippen molar-refractivity contribution in [3.05, 3.63) is 20.2 Å². The number of hydrogen-bond acceptors (Lipinski definition) is 4. The van der Waals surface area contributed by atoms with E-state index in [9.17, 15) is 0 Å². The van der Waals surface area contributed by atoms with E-state index in [0.717, 1.165) is 9.26 Å². The van der Waals surface area contributed by atoms with E-state index in [2.05, 4.69) is 32.6 Å². The smallest absolute Gasteiger partial charge is 0.146 e. The first-order valence-corrected chi connectivity index (χ1v) is 6.25.